The highest BCUT2D eigenvalue weighted by Crippen LogP contribution is 2.34. The topological polar surface area (TPSA) is 77.1 Å². The van der Waals surface area contributed by atoms with E-state index in [0.29, 0.717) is 17.4 Å². The highest BCUT2D eigenvalue weighted by Gasteiger charge is 2.38. The average molecular weight is 271 g/mol. The fourth-order valence-corrected chi connectivity index (χ4v) is 3.63. The molecule has 0 radical (unpaired) electrons. The zero-order chi connectivity index (χ0) is 13.3. The first-order valence-corrected chi connectivity index (χ1v) is 7.91. The maximum absolute atomic E-state index is 12.2. The molecule has 1 fully saturated rings. The summed E-state index contributed by atoms with van der Waals surface area (Å²) in [7, 11) is -3.39. The molecule has 2 atom stereocenters. The minimum atomic E-state index is -3.39. The van der Waals surface area contributed by atoms with Gasteiger partial charge in [-0.2, -0.15) is 0 Å². The van der Waals surface area contributed by atoms with Crippen LogP contribution in [0.1, 0.15) is 32.4 Å². The van der Waals surface area contributed by atoms with Gasteiger partial charge in [0.25, 0.3) is 0 Å². The van der Waals surface area contributed by atoms with Crippen molar-refractivity contribution in [2.45, 2.75) is 50.7 Å². The molecule has 1 aromatic rings. The molecule has 0 aromatic carbocycles. The Labute approximate surface area is 108 Å². The lowest BCUT2D eigenvalue weighted by Crippen LogP contribution is -2.26. The quantitative estimate of drug-likeness (QED) is 0.811. The SMILES string of the molecule is CCC1CC1NS(=O)(=O)c1cc(CN)n(CC)c1. The molecule has 1 saturated carbocycles. The Hall–Kier alpha value is -0.850. The second kappa shape index (κ2) is 5.03. The number of aromatic nitrogens is 1. The molecule has 0 aliphatic heterocycles. The Morgan fingerprint density at radius 1 is 1.50 bits per heavy atom. The molecule has 6 heteroatoms. The monoisotopic (exact) mass is 271 g/mol. The van der Waals surface area contributed by atoms with Gasteiger partial charge in [-0.05, 0) is 25.3 Å². The third-order valence-corrected chi connectivity index (χ3v) is 5.03. The van der Waals surface area contributed by atoms with Gasteiger partial charge in [0.1, 0.15) is 0 Å². The van der Waals surface area contributed by atoms with E-state index < -0.39 is 10.0 Å². The zero-order valence-electron chi connectivity index (χ0n) is 10.9. The molecule has 1 aliphatic carbocycles. The first-order valence-electron chi connectivity index (χ1n) is 6.43. The highest BCUT2D eigenvalue weighted by atomic mass is 32.2. The van der Waals surface area contributed by atoms with Crippen LogP contribution in [-0.4, -0.2) is 19.0 Å². The summed E-state index contributed by atoms with van der Waals surface area (Å²) >= 11 is 0. The van der Waals surface area contributed by atoms with E-state index in [-0.39, 0.29) is 6.04 Å². The number of rotatable bonds is 6. The fraction of sp³-hybridized carbons (Fsp3) is 0.667. The Morgan fingerprint density at radius 2 is 2.22 bits per heavy atom. The van der Waals surface area contributed by atoms with Crippen molar-refractivity contribution in [3.05, 3.63) is 18.0 Å². The van der Waals surface area contributed by atoms with Crippen molar-refractivity contribution in [3.8, 4) is 0 Å². The van der Waals surface area contributed by atoms with E-state index in [1.54, 1.807) is 12.3 Å². The van der Waals surface area contributed by atoms with Crippen molar-refractivity contribution in [2.24, 2.45) is 11.7 Å². The van der Waals surface area contributed by atoms with Crippen molar-refractivity contribution in [1.29, 1.82) is 0 Å². The number of nitrogens with two attached hydrogens (primary N) is 1. The summed E-state index contributed by atoms with van der Waals surface area (Å²) in [6.07, 6.45) is 3.64. The lowest BCUT2D eigenvalue weighted by Gasteiger charge is -2.03. The van der Waals surface area contributed by atoms with Gasteiger partial charge in [-0.3, -0.25) is 0 Å². The van der Waals surface area contributed by atoms with Gasteiger partial charge >= 0.3 is 0 Å². The zero-order valence-corrected chi connectivity index (χ0v) is 11.7. The van der Waals surface area contributed by atoms with Crippen LogP contribution in [0.25, 0.3) is 0 Å². The first kappa shape index (κ1) is 13.6. The molecule has 0 saturated heterocycles. The van der Waals surface area contributed by atoms with Crippen LogP contribution in [0.5, 0.6) is 0 Å². The second-order valence-corrected chi connectivity index (χ2v) is 6.50. The largest absolute Gasteiger partial charge is 0.349 e. The van der Waals surface area contributed by atoms with Gasteiger partial charge in [0, 0.05) is 31.0 Å². The third-order valence-electron chi connectivity index (χ3n) is 3.57. The summed E-state index contributed by atoms with van der Waals surface area (Å²) < 4.78 is 29.0. The van der Waals surface area contributed by atoms with Crippen LogP contribution in [0, 0.1) is 5.92 Å². The number of hydrogen-bond donors (Lipinski definition) is 2. The van der Waals surface area contributed by atoms with Crippen molar-refractivity contribution in [1.82, 2.24) is 9.29 Å². The predicted octanol–water partition coefficient (Wildman–Crippen LogP) is 1.04. The van der Waals surface area contributed by atoms with E-state index in [2.05, 4.69) is 11.6 Å². The van der Waals surface area contributed by atoms with Gasteiger partial charge in [0.05, 0.1) is 4.90 Å². The van der Waals surface area contributed by atoms with Crippen molar-refractivity contribution >= 4 is 10.0 Å². The molecule has 102 valence electrons. The van der Waals surface area contributed by atoms with Gasteiger partial charge in [0.2, 0.25) is 10.0 Å². The molecule has 3 N–H and O–H groups in total. The number of nitrogens with one attached hydrogen (secondary N) is 1. The third kappa shape index (κ3) is 2.60. The molecule has 2 unspecified atom stereocenters. The van der Waals surface area contributed by atoms with Crippen molar-refractivity contribution < 1.29 is 8.42 Å². The minimum absolute atomic E-state index is 0.117. The molecule has 18 heavy (non-hydrogen) atoms. The van der Waals surface area contributed by atoms with Crippen LogP contribution < -0.4 is 10.5 Å². The van der Waals surface area contributed by atoms with Crippen molar-refractivity contribution in [2.75, 3.05) is 0 Å². The van der Waals surface area contributed by atoms with Gasteiger partial charge in [-0.25, -0.2) is 13.1 Å². The maximum Gasteiger partial charge on any atom is 0.242 e. The Balaban J connectivity index is 2.17. The van der Waals surface area contributed by atoms with Gasteiger partial charge in [0.15, 0.2) is 0 Å². The standard InChI is InChI=1S/C12H21N3O2S/c1-3-9-5-12(9)14-18(16,17)11-6-10(7-13)15(4-2)8-11/h6,8-9,12,14H,3-5,7,13H2,1-2H3. The molecule has 0 bridgehead atoms. The van der Waals surface area contributed by atoms with E-state index in [1.807, 2.05) is 11.5 Å². The van der Waals surface area contributed by atoms with E-state index in [9.17, 15) is 8.42 Å². The molecule has 5 nitrogen and oxygen atoms in total. The van der Waals surface area contributed by atoms with Crippen LogP contribution in [0.2, 0.25) is 0 Å². The van der Waals surface area contributed by atoms with Crippen LogP contribution >= 0.6 is 0 Å². The molecule has 0 spiro atoms. The highest BCUT2D eigenvalue weighted by molar-refractivity contribution is 7.89. The van der Waals surface area contributed by atoms with Crippen molar-refractivity contribution in [3.63, 3.8) is 0 Å². The van der Waals surface area contributed by atoms with E-state index in [4.69, 9.17) is 5.73 Å². The Morgan fingerprint density at radius 3 is 2.67 bits per heavy atom. The fourth-order valence-electron chi connectivity index (χ4n) is 2.25. The summed E-state index contributed by atoms with van der Waals surface area (Å²) in [5.74, 6) is 0.502. The first-order chi connectivity index (χ1) is 8.51. The molecular formula is C12H21N3O2S. The molecular weight excluding hydrogens is 250 g/mol. The number of sulfonamides is 1. The molecule has 1 aromatic heterocycles. The molecule has 2 rings (SSSR count). The van der Waals surface area contributed by atoms with E-state index in [1.165, 1.54) is 0 Å². The second-order valence-electron chi connectivity index (χ2n) is 4.79. The van der Waals surface area contributed by atoms with Crippen LogP contribution in [0.3, 0.4) is 0 Å². The lowest BCUT2D eigenvalue weighted by molar-refractivity contribution is 0.575. The average Bonchev–Trinajstić information content (AvgIpc) is 2.93. The minimum Gasteiger partial charge on any atom is -0.349 e. The summed E-state index contributed by atoms with van der Waals surface area (Å²) in [5, 5.41) is 0. The van der Waals surface area contributed by atoms with E-state index >= 15 is 0 Å². The Bertz CT molecular complexity index is 500. The summed E-state index contributed by atoms with van der Waals surface area (Å²) in [6.45, 7) is 5.13. The van der Waals surface area contributed by atoms with E-state index in [0.717, 1.165) is 25.1 Å². The molecule has 1 aliphatic rings. The number of hydrogen-bond acceptors (Lipinski definition) is 3. The normalized spacial score (nSPS) is 23.3. The van der Waals surface area contributed by atoms with Crippen LogP contribution in [-0.2, 0) is 23.1 Å². The summed E-state index contributed by atoms with van der Waals surface area (Å²) in [6, 6.07) is 1.78. The van der Waals surface area contributed by atoms with Crippen LogP contribution in [0.4, 0.5) is 0 Å². The maximum atomic E-state index is 12.2. The molecule has 1 heterocycles. The molecule has 0 amide bonds. The smallest absolute Gasteiger partial charge is 0.242 e. The summed E-state index contributed by atoms with van der Waals surface area (Å²) in [4.78, 5) is 0.326. The van der Waals surface area contributed by atoms with Crippen LogP contribution in [0.15, 0.2) is 17.2 Å². The number of aryl methyl sites for hydroxylation is 1. The van der Waals surface area contributed by atoms with Gasteiger partial charge in [-0.15, -0.1) is 0 Å². The number of nitrogens with zero attached hydrogens (tertiary/aromatic N) is 1. The Kier molecular flexibility index (Phi) is 3.79. The van der Waals surface area contributed by atoms with Gasteiger partial charge in [-0.1, -0.05) is 13.3 Å². The lowest BCUT2D eigenvalue weighted by atomic mass is 10.3. The van der Waals surface area contributed by atoms with Gasteiger partial charge < -0.3 is 10.3 Å². The summed E-state index contributed by atoms with van der Waals surface area (Å²) in [5.41, 5.74) is 6.45. The predicted molar refractivity (Wildman–Crippen MR) is 70.5 cm³/mol.